The molecular formula is C20H24N2O6. The van der Waals surface area contributed by atoms with E-state index in [9.17, 15) is 19.2 Å². The van der Waals surface area contributed by atoms with E-state index in [0.717, 1.165) is 25.7 Å². The Bertz CT molecular complexity index is 766. The van der Waals surface area contributed by atoms with E-state index in [1.54, 1.807) is 0 Å². The van der Waals surface area contributed by atoms with Gasteiger partial charge in [-0.15, -0.1) is 0 Å². The molecule has 2 fully saturated rings. The molecule has 8 nitrogen and oxygen atoms in total. The third kappa shape index (κ3) is 4.16. The van der Waals surface area contributed by atoms with Crippen molar-refractivity contribution < 1.29 is 28.7 Å². The fourth-order valence-electron chi connectivity index (χ4n) is 3.89. The standard InChI is InChI=1S/C20H24N2O6/c1-27-19(25)12-7-13(20(26)28-2)9-15(8-12)21-18(24)14-10-17(23)22(11-14)16-5-3-4-6-16/h7-9,14,16H,3-6,10-11H2,1-2H3,(H,21,24)/t14-/m1/s1. The Morgan fingerprint density at radius 2 is 1.57 bits per heavy atom. The summed E-state index contributed by atoms with van der Waals surface area (Å²) in [6.07, 6.45) is 4.38. The monoisotopic (exact) mass is 388 g/mol. The second kappa shape index (κ2) is 8.41. The molecule has 1 aliphatic carbocycles. The maximum absolute atomic E-state index is 12.7. The van der Waals surface area contributed by atoms with Crippen LogP contribution < -0.4 is 5.32 Å². The first-order chi connectivity index (χ1) is 13.4. The normalized spacial score (nSPS) is 19.6. The summed E-state index contributed by atoms with van der Waals surface area (Å²) in [6.45, 7) is 0.399. The Morgan fingerprint density at radius 1 is 1.00 bits per heavy atom. The minimum atomic E-state index is -0.635. The fourth-order valence-corrected chi connectivity index (χ4v) is 3.89. The maximum Gasteiger partial charge on any atom is 0.337 e. The molecular weight excluding hydrogens is 364 g/mol. The smallest absolute Gasteiger partial charge is 0.337 e. The zero-order valence-electron chi connectivity index (χ0n) is 16.0. The van der Waals surface area contributed by atoms with Crippen LogP contribution in [0.4, 0.5) is 5.69 Å². The Kier molecular flexibility index (Phi) is 5.96. The molecule has 1 aliphatic heterocycles. The molecule has 0 bridgehead atoms. The predicted octanol–water partition coefficient (Wildman–Crippen LogP) is 1.99. The van der Waals surface area contributed by atoms with Gasteiger partial charge in [-0.3, -0.25) is 9.59 Å². The molecule has 150 valence electrons. The van der Waals surface area contributed by atoms with Crippen molar-refractivity contribution in [3.63, 3.8) is 0 Å². The number of likely N-dealkylation sites (tertiary alicyclic amines) is 1. The van der Waals surface area contributed by atoms with Crippen molar-refractivity contribution in [2.45, 2.75) is 38.1 Å². The quantitative estimate of drug-likeness (QED) is 0.774. The van der Waals surface area contributed by atoms with Crippen LogP contribution in [0.1, 0.15) is 52.8 Å². The maximum atomic E-state index is 12.7. The van der Waals surface area contributed by atoms with E-state index >= 15 is 0 Å². The second-order valence-corrected chi connectivity index (χ2v) is 7.16. The topological polar surface area (TPSA) is 102 Å². The van der Waals surface area contributed by atoms with Crippen molar-refractivity contribution in [3.05, 3.63) is 29.3 Å². The summed E-state index contributed by atoms with van der Waals surface area (Å²) in [5, 5.41) is 2.72. The van der Waals surface area contributed by atoms with Crippen LogP contribution >= 0.6 is 0 Å². The second-order valence-electron chi connectivity index (χ2n) is 7.16. The molecule has 8 heteroatoms. The summed E-state index contributed by atoms with van der Waals surface area (Å²) in [5.74, 6) is -2.04. The van der Waals surface area contributed by atoms with Gasteiger partial charge in [-0.1, -0.05) is 12.8 Å². The zero-order valence-corrected chi connectivity index (χ0v) is 16.0. The van der Waals surface area contributed by atoms with E-state index in [4.69, 9.17) is 9.47 Å². The molecule has 0 spiro atoms. The Balaban J connectivity index is 1.75. The first-order valence-corrected chi connectivity index (χ1v) is 9.35. The van der Waals surface area contributed by atoms with Gasteiger partial charge in [0.25, 0.3) is 0 Å². The van der Waals surface area contributed by atoms with Crippen LogP contribution in [0.2, 0.25) is 0 Å². The van der Waals surface area contributed by atoms with Gasteiger partial charge >= 0.3 is 11.9 Å². The van der Waals surface area contributed by atoms with Crippen molar-refractivity contribution in [3.8, 4) is 0 Å². The number of anilines is 1. The molecule has 0 unspecified atom stereocenters. The third-order valence-electron chi connectivity index (χ3n) is 5.34. The number of hydrogen-bond acceptors (Lipinski definition) is 6. The van der Waals surface area contributed by atoms with Crippen LogP contribution in [0.3, 0.4) is 0 Å². The lowest BCUT2D eigenvalue weighted by Gasteiger charge is -2.23. The number of nitrogens with zero attached hydrogens (tertiary/aromatic N) is 1. The molecule has 1 saturated carbocycles. The molecule has 2 aliphatic rings. The van der Waals surface area contributed by atoms with Gasteiger partial charge in [0.05, 0.1) is 31.3 Å². The molecule has 2 amide bonds. The number of amides is 2. The molecule has 3 rings (SSSR count). The van der Waals surface area contributed by atoms with Crippen molar-refractivity contribution in [2.75, 3.05) is 26.1 Å². The van der Waals surface area contributed by atoms with Crippen LogP contribution in [0.15, 0.2) is 18.2 Å². The predicted molar refractivity (Wildman–Crippen MR) is 99.8 cm³/mol. The van der Waals surface area contributed by atoms with Crippen molar-refractivity contribution >= 4 is 29.4 Å². The zero-order chi connectivity index (χ0) is 20.3. The number of ether oxygens (including phenoxy) is 2. The highest BCUT2D eigenvalue weighted by Crippen LogP contribution is 2.30. The first-order valence-electron chi connectivity index (χ1n) is 9.35. The van der Waals surface area contributed by atoms with Gasteiger partial charge in [-0.25, -0.2) is 9.59 Å². The number of benzene rings is 1. The van der Waals surface area contributed by atoms with E-state index in [1.165, 1.54) is 32.4 Å². The third-order valence-corrected chi connectivity index (χ3v) is 5.34. The van der Waals surface area contributed by atoms with Gasteiger partial charge in [-0.05, 0) is 31.0 Å². The first kappa shape index (κ1) is 19.9. The van der Waals surface area contributed by atoms with Gasteiger partial charge in [0.2, 0.25) is 11.8 Å². The number of hydrogen-bond donors (Lipinski definition) is 1. The van der Waals surface area contributed by atoms with Gasteiger partial charge < -0.3 is 19.7 Å². The van der Waals surface area contributed by atoms with Gasteiger partial charge in [0, 0.05) is 24.7 Å². The van der Waals surface area contributed by atoms with Crippen molar-refractivity contribution in [2.24, 2.45) is 5.92 Å². The number of rotatable bonds is 5. The molecule has 28 heavy (non-hydrogen) atoms. The summed E-state index contributed by atoms with van der Waals surface area (Å²) >= 11 is 0. The molecule has 1 aromatic rings. The number of esters is 2. The summed E-state index contributed by atoms with van der Waals surface area (Å²) in [4.78, 5) is 50.6. The van der Waals surface area contributed by atoms with Gasteiger partial charge in [0.15, 0.2) is 0 Å². The molecule has 1 saturated heterocycles. The van der Waals surface area contributed by atoms with Crippen LogP contribution in [-0.2, 0) is 19.1 Å². The fraction of sp³-hybridized carbons (Fsp3) is 0.500. The lowest BCUT2D eigenvalue weighted by molar-refractivity contribution is -0.129. The average Bonchev–Trinajstić information content (AvgIpc) is 3.35. The Labute approximate surface area is 163 Å². The molecule has 0 aromatic heterocycles. The minimum absolute atomic E-state index is 0.00520. The highest BCUT2D eigenvalue weighted by molar-refractivity contribution is 6.01. The highest BCUT2D eigenvalue weighted by Gasteiger charge is 2.38. The van der Waals surface area contributed by atoms with Crippen LogP contribution in [0.5, 0.6) is 0 Å². The summed E-state index contributed by atoms with van der Waals surface area (Å²) in [6, 6.07) is 4.44. The minimum Gasteiger partial charge on any atom is -0.465 e. The van der Waals surface area contributed by atoms with Crippen molar-refractivity contribution in [1.82, 2.24) is 4.90 Å². The van der Waals surface area contributed by atoms with Crippen LogP contribution in [0.25, 0.3) is 0 Å². The average molecular weight is 388 g/mol. The Morgan fingerprint density at radius 3 is 2.11 bits per heavy atom. The van der Waals surface area contributed by atoms with Gasteiger partial charge in [0.1, 0.15) is 0 Å². The lowest BCUT2D eigenvalue weighted by Crippen LogP contribution is -2.35. The molecule has 0 radical (unpaired) electrons. The molecule has 1 heterocycles. The summed E-state index contributed by atoms with van der Waals surface area (Å²) in [5.41, 5.74) is 0.520. The van der Waals surface area contributed by atoms with E-state index in [-0.39, 0.29) is 41.1 Å². The lowest BCUT2D eigenvalue weighted by atomic mass is 10.1. The van der Waals surface area contributed by atoms with Crippen LogP contribution in [-0.4, -0.2) is 55.5 Å². The molecule has 1 aromatic carbocycles. The van der Waals surface area contributed by atoms with Gasteiger partial charge in [-0.2, -0.15) is 0 Å². The molecule has 1 atom stereocenters. The SMILES string of the molecule is COC(=O)c1cc(NC(=O)[C@@H]2CC(=O)N(C3CCCC3)C2)cc(C(=O)OC)c1. The van der Waals surface area contributed by atoms with E-state index in [2.05, 4.69) is 5.32 Å². The van der Waals surface area contributed by atoms with Crippen molar-refractivity contribution in [1.29, 1.82) is 0 Å². The van der Waals surface area contributed by atoms with E-state index in [1.807, 2.05) is 4.90 Å². The van der Waals surface area contributed by atoms with E-state index in [0.29, 0.717) is 6.54 Å². The summed E-state index contributed by atoms with van der Waals surface area (Å²) in [7, 11) is 2.46. The molecule has 1 N–H and O–H groups in total. The van der Waals surface area contributed by atoms with Crippen LogP contribution in [0, 0.1) is 5.92 Å². The number of nitrogens with one attached hydrogen (secondary N) is 1. The summed E-state index contributed by atoms with van der Waals surface area (Å²) < 4.78 is 9.39. The largest absolute Gasteiger partial charge is 0.465 e. The number of methoxy groups -OCH3 is 2. The Hall–Kier alpha value is -2.90. The number of carbonyl (C=O) groups is 4. The van der Waals surface area contributed by atoms with E-state index < -0.39 is 17.9 Å². The highest BCUT2D eigenvalue weighted by atomic mass is 16.5. The number of carbonyl (C=O) groups excluding carboxylic acids is 4.